The molecular weight excluding hydrogens is 403 g/mol. The Kier molecular flexibility index (Phi) is 6.75. The van der Waals surface area contributed by atoms with E-state index in [1.807, 2.05) is 0 Å². The van der Waals surface area contributed by atoms with Gasteiger partial charge in [0.25, 0.3) is 0 Å². The largest absolute Gasteiger partial charge is 0.479 e. The van der Waals surface area contributed by atoms with Crippen molar-refractivity contribution in [3.05, 3.63) is 52.5 Å². The minimum absolute atomic E-state index is 0.375. The molecule has 0 aliphatic rings. The summed E-state index contributed by atoms with van der Waals surface area (Å²) in [5.41, 5.74) is 0. The van der Waals surface area contributed by atoms with Crippen LogP contribution < -0.4 is 9.47 Å². The van der Waals surface area contributed by atoms with Crippen molar-refractivity contribution in [1.82, 2.24) is 0 Å². The van der Waals surface area contributed by atoms with E-state index < -0.39 is 27.8 Å². The summed E-state index contributed by atoms with van der Waals surface area (Å²) in [7, 11) is -3.40. The van der Waals surface area contributed by atoms with Gasteiger partial charge in [-0.05, 0) is 49.4 Å². The Morgan fingerprint density at radius 3 is 2.27 bits per heavy atom. The number of carbonyl (C=O) groups is 1. The number of ether oxygens (including phenoxy) is 3. The van der Waals surface area contributed by atoms with Crippen LogP contribution in [0.2, 0.25) is 10.0 Å². The summed E-state index contributed by atoms with van der Waals surface area (Å²) in [6, 6.07) is 11.3. The van der Waals surface area contributed by atoms with E-state index in [1.54, 1.807) is 42.5 Å². The van der Waals surface area contributed by atoms with Crippen LogP contribution in [0.1, 0.15) is 6.92 Å². The molecule has 0 aliphatic heterocycles. The van der Waals surface area contributed by atoms with E-state index in [0.717, 1.165) is 6.26 Å². The first-order chi connectivity index (χ1) is 12.1. The van der Waals surface area contributed by atoms with Crippen LogP contribution in [0.25, 0.3) is 0 Å². The molecule has 0 heterocycles. The lowest BCUT2D eigenvalue weighted by Gasteiger charge is -2.14. The van der Waals surface area contributed by atoms with Gasteiger partial charge in [-0.15, -0.1) is 0 Å². The molecule has 0 saturated heterocycles. The molecule has 0 spiro atoms. The first-order valence-corrected chi connectivity index (χ1v) is 10.2. The summed E-state index contributed by atoms with van der Waals surface area (Å²) in [4.78, 5) is 11.7. The lowest BCUT2D eigenvalue weighted by atomic mass is 10.3. The van der Waals surface area contributed by atoms with Crippen molar-refractivity contribution in [2.24, 2.45) is 0 Å². The van der Waals surface area contributed by atoms with Crippen molar-refractivity contribution in [3.8, 4) is 17.2 Å². The van der Waals surface area contributed by atoms with Gasteiger partial charge in [0.1, 0.15) is 17.2 Å². The zero-order valence-corrected chi connectivity index (χ0v) is 16.3. The van der Waals surface area contributed by atoms with Crippen molar-refractivity contribution >= 4 is 39.0 Å². The van der Waals surface area contributed by atoms with Gasteiger partial charge < -0.3 is 14.2 Å². The van der Waals surface area contributed by atoms with Crippen LogP contribution in [0.5, 0.6) is 17.2 Å². The fourth-order valence-corrected chi connectivity index (χ4v) is 2.58. The van der Waals surface area contributed by atoms with Crippen LogP contribution in [0.3, 0.4) is 0 Å². The van der Waals surface area contributed by atoms with Gasteiger partial charge in [0, 0.05) is 11.3 Å². The minimum Gasteiger partial charge on any atom is -0.479 e. The third-order valence-electron chi connectivity index (χ3n) is 3.01. The van der Waals surface area contributed by atoms with Crippen LogP contribution in [0, 0.1) is 0 Å². The highest BCUT2D eigenvalue weighted by molar-refractivity contribution is 7.90. The van der Waals surface area contributed by atoms with Crippen LogP contribution in [-0.4, -0.2) is 32.7 Å². The molecule has 0 aliphatic carbocycles. The number of hydrogen-bond acceptors (Lipinski definition) is 6. The number of hydrogen-bond donors (Lipinski definition) is 0. The van der Waals surface area contributed by atoms with E-state index in [-0.39, 0.29) is 0 Å². The van der Waals surface area contributed by atoms with E-state index in [9.17, 15) is 13.2 Å². The summed E-state index contributed by atoms with van der Waals surface area (Å²) < 4.78 is 37.7. The molecule has 2 aromatic carbocycles. The second-order valence-electron chi connectivity index (χ2n) is 5.42. The minimum atomic E-state index is -3.40. The van der Waals surface area contributed by atoms with Crippen LogP contribution in [-0.2, 0) is 19.4 Å². The topological polar surface area (TPSA) is 78.9 Å². The highest BCUT2D eigenvalue weighted by Crippen LogP contribution is 2.32. The zero-order valence-electron chi connectivity index (χ0n) is 13.9. The standard InChI is InChI=1S/C17H16Cl2O6S/c1-11(17(20)23-10-26(2,21)22)24-13-4-6-14(7-5-13)25-16-8-3-12(18)9-15(16)19/h3-9,11H,10H2,1-2H3. The normalized spacial score (nSPS) is 12.3. The van der Waals surface area contributed by atoms with Crippen LogP contribution >= 0.6 is 23.2 Å². The average molecular weight is 419 g/mol. The number of sulfone groups is 1. The fraction of sp³-hybridized carbons (Fsp3) is 0.235. The predicted octanol–water partition coefficient (Wildman–Crippen LogP) is 4.10. The number of esters is 1. The van der Waals surface area contributed by atoms with E-state index in [1.165, 1.54) is 6.92 Å². The molecule has 0 aromatic heterocycles. The number of carbonyl (C=O) groups excluding carboxylic acids is 1. The third-order valence-corrected chi connectivity index (χ3v) is 4.08. The molecule has 2 rings (SSSR count). The Labute approximate surface area is 161 Å². The second-order valence-corrected chi connectivity index (χ2v) is 8.35. The Hall–Kier alpha value is -1.96. The summed E-state index contributed by atoms with van der Waals surface area (Å²) in [6.45, 7) is 1.46. The SMILES string of the molecule is CC(Oc1ccc(Oc2ccc(Cl)cc2Cl)cc1)C(=O)OCS(C)(=O)=O. The molecule has 0 bridgehead atoms. The molecule has 1 atom stereocenters. The molecule has 0 N–H and O–H groups in total. The molecular formula is C17H16Cl2O6S. The Morgan fingerprint density at radius 2 is 1.69 bits per heavy atom. The molecule has 0 radical (unpaired) electrons. The average Bonchev–Trinajstić information content (AvgIpc) is 2.56. The molecule has 1 unspecified atom stereocenters. The monoisotopic (exact) mass is 418 g/mol. The van der Waals surface area contributed by atoms with Crippen molar-refractivity contribution in [3.63, 3.8) is 0 Å². The molecule has 0 amide bonds. The number of halogens is 2. The highest BCUT2D eigenvalue weighted by atomic mass is 35.5. The second kappa shape index (κ2) is 8.62. The first-order valence-electron chi connectivity index (χ1n) is 7.38. The van der Waals surface area contributed by atoms with Gasteiger partial charge in [-0.25, -0.2) is 13.2 Å². The van der Waals surface area contributed by atoms with Gasteiger partial charge in [-0.2, -0.15) is 0 Å². The molecule has 0 saturated carbocycles. The Bertz CT molecular complexity index is 881. The first kappa shape index (κ1) is 20.4. The van der Waals surface area contributed by atoms with Crippen LogP contribution in [0.4, 0.5) is 0 Å². The smallest absolute Gasteiger partial charge is 0.348 e. The molecule has 140 valence electrons. The van der Waals surface area contributed by atoms with Gasteiger partial charge in [0.05, 0.1) is 5.02 Å². The van der Waals surface area contributed by atoms with Crippen molar-refractivity contribution in [2.75, 3.05) is 12.2 Å². The van der Waals surface area contributed by atoms with Gasteiger partial charge >= 0.3 is 5.97 Å². The maximum atomic E-state index is 11.7. The van der Waals surface area contributed by atoms with E-state index in [4.69, 9.17) is 32.7 Å². The lowest BCUT2D eigenvalue weighted by Crippen LogP contribution is -2.27. The Morgan fingerprint density at radius 1 is 1.08 bits per heavy atom. The van der Waals surface area contributed by atoms with Crippen LogP contribution in [0.15, 0.2) is 42.5 Å². The number of rotatable bonds is 7. The maximum absolute atomic E-state index is 11.7. The van der Waals surface area contributed by atoms with Gasteiger partial charge in [-0.1, -0.05) is 23.2 Å². The van der Waals surface area contributed by atoms with Gasteiger partial charge in [-0.3, -0.25) is 0 Å². The molecule has 26 heavy (non-hydrogen) atoms. The van der Waals surface area contributed by atoms with Crippen molar-refractivity contribution in [1.29, 1.82) is 0 Å². The fourth-order valence-electron chi connectivity index (χ4n) is 1.81. The highest BCUT2D eigenvalue weighted by Gasteiger charge is 2.18. The van der Waals surface area contributed by atoms with E-state index in [0.29, 0.717) is 27.3 Å². The lowest BCUT2D eigenvalue weighted by molar-refractivity contribution is -0.148. The zero-order chi connectivity index (χ0) is 19.3. The summed E-state index contributed by atoms with van der Waals surface area (Å²) in [5.74, 6) is -0.114. The van der Waals surface area contributed by atoms with Gasteiger partial charge in [0.2, 0.25) is 0 Å². The molecule has 9 heteroatoms. The van der Waals surface area contributed by atoms with Crippen molar-refractivity contribution in [2.45, 2.75) is 13.0 Å². The third kappa shape index (κ3) is 6.40. The van der Waals surface area contributed by atoms with E-state index >= 15 is 0 Å². The summed E-state index contributed by atoms with van der Waals surface area (Å²) in [6.07, 6.45) is 0.00603. The number of benzene rings is 2. The summed E-state index contributed by atoms with van der Waals surface area (Å²) in [5, 5.41) is 0.878. The molecule has 2 aromatic rings. The quantitative estimate of drug-likeness (QED) is 0.629. The Balaban J connectivity index is 1.95. The van der Waals surface area contributed by atoms with Gasteiger partial charge in [0.15, 0.2) is 21.9 Å². The molecule has 6 nitrogen and oxygen atoms in total. The van der Waals surface area contributed by atoms with E-state index in [2.05, 4.69) is 4.74 Å². The predicted molar refractivity (Wildman–Crippen MR) is 98.9 cm³/mol. The maximum Gasteiger partial charge on any atom is 0.348 e. The summed E-state index contributed by atoms with van der Waals surface area (Å²) >= 11 is 11.9. The van der Waals surface area contributed by atoms with Crippen molar-refractivity contribution < 1.29 is 27.4 Å². The molecule has 0 fully saturated rings.